The van der Waals surface area contributed by atoms with Crippen LogP contribution in [0.25, 0.3) is 0 Å². The second kappa shape index (κ2) is 9.61. The van der Waals surface area contributed by atoms with E-state index in [1.54, 1.807) is 0 Å². The van der Waals surface area contributed by atoms with Crippen LogP contribution in [0.1, 0.15) is 47.0 Å². The predicted molar refractivity (Wildman–Crippen MR) is 95.1 cm³/mol. The topological polar surface area (TPSA) is 33.3 Å². The minimum absolute atomic E-state index is 0.378. The van der Waals surface area contributed by atoms with E-state index < -0.39 is 0 Å². The summed E-state index contributed by atoms with van der Waals surface area (Å²) in [6.45, 7) is 9.31. The predicted octanol–water partition coefficient (Wildman–Crippen LogP) is 4.59. The molecule has 0 aromatic heterocycles. The highest BCUT2D eigenvalue weighted by Crippen LogP contribution is 2.23. The first-order valence-corrected chi connectivity index (χ1v) is 8.23. The van der Waals surface area contributed by atoms with Gasteiger partial charge in [-0.05, 0) is 50.5 Å². The zero-order chi connectivity index (χ0) is 15.7. The van der Waals surface area contributed by atoms with E-state index in [1.165, 1.54) is 12.8 Å². The van der Waals surface area contributed by atoms with Crippen molar-refractivity contribution in [2.45, 2.75) is 53.0 Å². The Morgan fingerprint density at radius 3 is 2.57 bits per heavy atom. The highest BCUT2D eigenvalue weighted by Gasteiger charge is 2.07. The highest BCUT2D eigenvalue weighted by molar-refractivity contribution is 7.80. The molecule has 0 fully saturated rings. The largest absolute Gasteiger partial charge is 0.492 e. The standard InChI is InChI=1S/C17H28N2OS/c1-5-20-16-12-7-6-11-15(16)19-17(21)18-14(4)10-8-9-13(2)3/h6-7,11-14H,5,8-10H2,1-4H3,(H2,18,19,21). The second-order valence-corrected chi connectivity index (χ2v) is 6.16. The molecule has 0 bridgehead atoms. The number of thiocarbonyl (C=S) groups is 1. The normalized spacial score (nSPS) is 12.0. The maximum atomic E-state index is 5.58. The molecule has 3 nitrogen and oxygen atoms in total. The van der Waals surface area contributed by atoms with Crippen LogP contribution in [0.2, 0.25) is 0 Å². The van der Waals surface area contributed by atoms with Gasteiger partial charge in [-0.2, -0.15) is 0 Å². The van der Waals surface area contributed by atoms with Crippen LogP contribution in [0, 0.1) is 5.92 Å². The van der Waals surface area contributed by atoms with Gasteiger partial charge < -0.3 is 15.4 Å². The first kappa shape index (κ1) is 17.8. The van der Waals surface area contributed by atoms with Gasteiger partial charge in [0.25, 0.3) is 0 Å². The average molecular weight is 308 g/mol. The first-order valence-electron chi connectivity index (χ1n) is 7.82. The maximum Gasteiger partial charge on any atom is 0.171 e. The summed E-state index contributed by atoms with van der Waals surface area (Å²) in [6.07, 6.45) is 3.62. The summed E-state index contributed by atoms with van der Waals surface area (Å²) >= 11 is 5.38. The van der Waals surface area contributed by atoms with Gasteiger partial charge in [0.2, 0.25) is 0 Å². The van der Waals surface area contributed by atoms with Crippen LogP contribution in [-0.4, -0.2) is 17.8 Å². The van der Waals surface area contributed by atoms with E-state index in [4.69, 9.17) is 17.0 Å². The van der Waals surface area contributed by atoms with Crippen LogP contribution in [0.15, 0.2) is 24.3 Å². The average Bonchev–Trinajstić information content (AvgIpc) is 2.40. The SMILES string of the molecule is CCOc1ccccc1NC(=S)NC(C)CCCC(C)C. The fourth-order valence-electron chi connectivity index (χ4n) is 2.14. The van der Waals surface area contributed by atoms with Crippen LogP contribution in [0.5, 0.6) is 5.75 Å². The lowest BCUT2D eigenvalue weighted by Crippen LogP contribution is -2.35. The monoisotopic (exact) mass is 308 g/mol. The van der Waals surface area contributed by atoms with Gasteiger partial charge in [-0.1, -0.05) is 38.8 Å². The molecule has 0 aliphatic heterocycles. The van der Waals surface area contributed by atoms with Gasteiger partial charge in [-0.25, -0.2) is 0 Å². The van der Waals surface area contributed by atoms with E-state index in [1.807, 2.05) is 31.2 Å². The van der Waals surface area contributed by atoms with Crippen LogP contribution < -0.4 is 15.4 Å². The van der Waals surface area contributed by atoms with Gasteiger partial charge in [0.15, 0.2) is 5.11 Å². The third kappa shape index (κ3) is 7.32. The highest BCUT2D eigenvalue weighted by atomic mass is 32.1. The Hall–Kier alpha value is -1.29. The van der Waals surface area contributed by atoms with Gasteiger partial charge in [-0.3, -0.25) is 0 Å². The summed E-state index contributed by atoms with van der Waals surface area (Å²) in [5.41, 5.74) is 0.909. The number of rotatable bonds is 8. The van der Waals surface area contributed by atoms with Crippen LogP contribution in [0.3, 0.4) is 0 Å². The Morgan fingerprint density at radius 1 is 1.19 bits per heavy atom. The fraction of sp³-hybridized carbons (Fsp3) is 0.588. The Bertz CT molecular complexity index is 435. The molecule has 1 aromatic carbocycles. The lowest BCUT2D eigenvalue weighted by atomic mass is 10.0. The molecule has 1 rings (SSSR count). The molecule has 4 heteroatoms. The molecule has 118 valence electrons. The Kier molecular flexibility index (Phi) is 8.13. The van der Waals surface area contributed by atoms with Crippen molar-refractivity contribution in [3.8, 4) is 5.75 Å². The zero-order valence-corrected chi connectivity index (χ0v) is 14.4. The van der Waals surface area contributed by atoms with E-state index in [0.29, 0.717) is 17.8 Å². The van der Waals surface area contributed by atoms with Gasteiger partial charge in [0.1, 0.15) is 5.75 Å². The zero-order valence-electron chi connectivity index (χ0n) is 13.6. The van der Waals surface area contributed by atoms with Crippen LogP contribution in [0.4, 0.5) is 5.69 Å². The molecule has 0 aliphatic carbocycles. The summed E-state index contributed by atoms with van der Waals surface area (Å²) in [5, 5.41) is 7.21. The van der Waals surface area contributed by atoms with Gasteiger partial charge in [0.05, 0.1) is 12.3 Å². The lowest BCUT2D eigenvalue weighted by molar-refractivity contribution is 0.342. The third-order valence-electron chi connectivity index (χ3n) is 3.23. The first-order chi connectivity index (χ1) is 10.0. The van der Waals surface area contributed by atoms with E-state index >= 15 is 0 Å². The van der Waals surface area contributed by atoms with E-state index in [-0.39, 0.29) is 0 Å². The van der Waals surface area contributed by atoms with Crippen molar-refractivity contribution in [3.05, 3.63) is 24.3 Å². The number of hydrogen-bond donors (Lipinski definition) is 2. The second-order valence-electron chi connectivity index (χ2n) is 5.75. The molecule has 0 saturated heterocycles. The molecule has 1 unspecified atom stereocenters. The molecule has 0 heterocycles. The van der Waals surface area contributed by atoms with Crippen molar-refractivity contribution in [2.24, 2.45) is 5.92 Å². The number of hydrogen-bond acceptors (Lipinski definition) is 2. The fourth-order valence-corrected chi connectivity index (χ4v) is 2.45. The molecular formula is C17H28N2OS. The molecule has 0 amide bonds. The summed E-state index contributed by atoms with van der Waals surface area (Å²) in [5.74, 6) is 1.59. The van der Waals surface area contributed by atoms with Crippen molar-refractivity contribution >= 4 is 23.0 Å². The number of anilines is 1. The number of benzene rings is 1. The Morgan fingerprint density at radius 2 is 1.90 bits per heavy atom. The summed E-state index contributed by atoms with van der Waals surface area (Å²) in [7, 11) is 0. The van der Waals surface area contributed by atoms with Crippen molar-refractivity contribution in [1.82, 2.24) is 5.32 Å². The number of para-hydroxylation sites is 2. The smallest absolute Gasteiger partial charge is 0.171 e. The Labute approximate surface area is 134 Å². The van der Waals surface area contributed by atoms with Gasteiger partial charge in [0, 0.05) is 6.04 Å². The van der Waals surface area contributed by atoms with Crippen molar-refractivity contribution in [1.29, 1.82) is 0 Å². The summed E-state index contributed by atoms with van der Waals surface area (Å²) < 4.78 is 5.58. The summed E-state index contributed by atoms with van der Waals surface area (Å²) in [4.78, 5) is 0. The molecule has 0 aliphatic rings. The van der Waals surface area contributed by atoms with Crippen molar-refractivity contribution in [2.75, 3.05) is 11.9 Å². The lowest BCUT2D eigenvalue weighted by Gasteiger charge is -2.18. The quantitative estimate of drug-likeness (QED) is 0.688. The molecule has 0 spiro atoms. The third-order valence-corrected chi connectivity index (χ3v) is 3.45. The molecule has 0 saturated carbocycles. The van der Waals surface area contributed by atoms with Crippen molar-refractivity contribution in [3.63, 3.8) is 0 Å². The molecule has 2 N–H and O–H groups in total. The molecule has 1 aromatic rings. The van der Waals surface area contributed by atoms with E-state index in [9.17, 15) is 0 Å². The molecule has 0 radical (unpaired) electrons. The number of ether oxygens (including phenoxy) is 1. The van der Waals surface area contributed by atoms with E-state index in [0.717, 1.165) is 23.8 Å². The molecule has 1 atom stereocenters. The van der Waals surface area contributed by atoms with Gasteiger partial charge >= 0.3 is 0 Å². The van der Waals surface area contributed by atoms with Crippen LogP contribution >= 0.6 is 12.2 Å². The maximum absolute atomic E-state index is 5.58. The number of nitrogens with one attached hydrogen (secondary N) is 2. The molecular weight excluding hydrogens is 280 g/mol. The minimum Gasteiger partial charge on any atom is -0.492 e. The van der Waals surface area contributed by atoms with E-state index in [2.05, 4.69) is 31.4 Å². The van der Waals surface area contributed by atoms with Crippen LogP contribution in [-0.2, 0) is 0 Å². The minimum atomic E-state index is 0.378. The van der Waals surface area contributed by atoms with Gasteiger partial charge in [-0.15, -0.1) is 0 Å². The molecule has 21 heavy (non-hydrogen) atoms. The Balaban J connectivity index is 2.42. The summed E-state index contributed by atoms with van der Waals surface area (Å²) in [6, 6.07) is 8.23. The van der Waals surface area contributed by atoms with Crippen molar-refractivity contribution < 1.29 is 4.74 Å².